The zero-order chi connectivity index (χ0) is 8.55. The van der Waals surface area contributed by atoms with Crippen molar-refractivity contribution in [2.75, 3.05) is 6.61 Å². The van der Waals surface area contributed by atoms with E-state index < -0.39 is 0 Å². The fourth-order valence-electron chi connectivity index (χ4n) is 1.47. The molecule has 0 aliphatic carbocycles. The van der Waals surface area contributed by atoms with Crippen molar-refractivity contribution in [1.82, 2.24) is 0 Å². The molecule has 1 heterocycles. The van der Waals surface area contributed by atoms with Crippen molar-refractivity contribution >= 4 is 12.6 Å². The fraction of sp³-hybridized carbons (Fsp3) is 0.400. The minimum atomic E-state index is 0.316. The van der Waals surface area contributed by atoms with Gasteiger partial charge in [-0.2, -0.15) is 12.6 Å². The van der Waals surface area contributed by atoms with Crippen molar-refractivity contribution in [1.29, 1.82) is 0 Å². The van der Waals surface area contributed by atoms with Crippen LogP contribution in [0, 0.1) is 0 Å². The second-order valence-corrected chi connectivity index (χ2v) is 3.92. The Morgan fingerprint density at radius 3 is 3.08 bits per heavy atom. The number of fused-ring (bicyclic) bond motifs is 1. The van der Waals surface area contributed by atoms with Crippen LogP contribution < -0.4 is 4.74 Å². The van der Waals surface area contributed by atoms with Gasteiger partial charge in [-0.3, -0.25) is 0 Å². The van der Waals surface area contributed by atoms with Gasteiger partial charge in [0.2, 0.25) is 0 Å². The third-order valence-corrected chi connectivity index (χ3v) is 2.49. The normalized spacial score (nSPS) is 16.8. The molecule has 0 spiro atoms. The average Bonchev–Trinajstić information content (AvgIpc) is 2.49. The molecule has 12 heavy (non-hydrogen) atoms. The van der Waals surface area contributed by atoms with E-state index in [1.54, 1.807) is 0 Å². The van der Waals surface area contributed by atoms with Crippen LogP contribution in [0.25, 0.3) is 0 Å². The zero-order valence-electron chi connectivity index (χ0n) is 7.08. The summed E-state index contributed by atoms with van der Waals surface area (Å²) in [5.74, 6) is 1.05. The largest absolute Gasteiger partial charge is 0.493 e. The predicted molar refractivity (Wildman–Crippen MR) is 53.0 cm³/mol. The van der Waals surface area contributed by atoms with Crippen LogP contribution in [0.5, 0.6) is 5.75 Å². The molecule has 1 unspecified atom stereocenters. The van der Waals surface area contributed by atoms with Gasteiger partial charge >= 0.3 is 0 Å². The summed E-state index contributed by atoms with van der Waals surface area (Å²) in [6.07, 6.45) is 1.05. The highest BCUT2D eigenvalue weighted by Gasteiger charge is 2.12. The number of ether oxygens (including phenoxy) is 1. The minimum Gasteiger partial charge on any atom is -0.493 e. The Bertz CT molecular complexity index is 294. The van der Waals surface area contributed by atoms with Crippen LogP contribution in [0.2, 0.25) is 0 Å². The molecule has 1 aromatic carbocycles. The Balaban J connectivity index is 2.39. The molecular weight excluding hydrogens is 168 g/mol. The molecule has 0 amide bonds. The molecule has 0 fully saturated rings. The summed E-state index contributed by atoms with van der Waals surface area (Å²) in [6, 6.07) is 6.33. The number of hydrogen-bond donors (Lipinski definition) is 1. The van der Waals surface area contributed by atoms with Crippen LogP contribution in [-0.2, 0) is 6.42 Å². The number of benzene rings is 1. The molecule has 1 nitrogen and oxygen atoms in total. The van der Waals surface area contributed by atoms with Crippen molar-refractivity contribution in [3.63, 3.8) is 0 Å². The minimum absolute atomic E-state index is 0.316. The second-order valence-electron chi connectivity index (χ2n) is 3.14. The fourth-order valence-corrected chi connectivity index (χ4v) is 1.63. The zero-order valence-corrected chi connectivity index (χ0v) is 7.97. The molecule has 0 N–H and O–H groups in total. The number of rotatable bonds is 1. The van der Waals surface area contributed by atoms with Crippen LogP contribution in [0.1, 0.15) is 23.3 Å². The molecule has 0 bridgehead atoms. The summed E-state index contributed by atoms with van der Waals surface area (Å²) in [4.78, 5) is 0. The van der Waals surface area contributed by atoms with Gasteiger partial charge in [0.1, 0.15) is 5.75 Å². The molecule has 1 aromatic rings. The quantitative estimate of drug-likeness (QED) is 0.654. The lowest BCUT2D eigenvalue weighted by atomic mass is 10.1. The summed E-state index contributed by atoms with van der Waals surface area (Å²) >= 11 is 4.39. The van der Waals surface area contributed by atoms with Crippen molar-refractivity contribution < 1.29 is 4.74 Å². The number of thiol groups is 1. The summed E-state index contributed by atoms with van der Waals surface area (Å²) in [5, 5.41) is 0.316. The number of hydrogen-bond acceptors (Lipinski definition) is 2. The maximum absolute atomic E-state index is 5.41. The van der Waals surface area contributed by atoms with Gasteiger partial charge in [-0.25, -0.2) is 0 Å². The predicted octanol–water partition coefficient (Wildman–Crippen LogP) is 2.61. The van der Waals surface area contributed by atoms with E-state index in [2.05, 4.69) is 31.7 Å². The van der Waals surface area contributed by atoms with E-state index in [1.165, 1.54) is 11.1 Å². The van der Waals surface area contributed by atoms with Gasteiger partial charge in [-0.05, 0) is 24.1 Å². The van der Waals surface area contributed by atoms with Crippen molar-refractivity contribution in [2.24, 2.45) is 0 Å². The second kappa shape index (κ2) is 3.02. The van der Waals surface area contributed by atoms with Crippen LogP contribution in [0.4, 0.5) is 0 Å². The van der Waals surface area contributed by atoms with Crippen LogP contribution >= 0.6 is 12.6 Å². The molecule has 0 aromatic heterocycles. The van der Waals surface area contributed by atoms with E-state index in [4.69, 9.17) is 4.74 Å². The first-order valence-electron chi connectivity index (χ1n) is 4.21. The lowest BCUT2D eigenvalue weighted by Gasteiger charge is -2.05. The summed E-state index contributed by atoms with van der Waals surface area (Å²) < 4.78 is 5.41. The third kappa shape index (κ3) is 1.31. The standard InChI is InChI=1S/C10H12OS/c1-7(12)8-2-3-10-9(6-8)4-5-11-10/h2-3,6-7,12H,4-5H2,1H3. The molecular formula is C10H12OS. The van der Waals surface area contributed by atoms with Crippen molar-refractivity contribution in [2.45, 2.75) is 18.6 Å². The first-order valence-corrected chi connectivity index (χ1v) is 4.73. The monoisotopic (exact) mass is 180 g/mol. The molecule has 2 rings (SSSR count). The molecule has 0 saturated carbocycles. The Kier molecular flexibility index (Phi) is 2.01. The molecule has 0 saturated heterocycles. The lowest BCUT2D eigenvalue weighted by Crippen LogP contribution is -1.85. The van der Waals surface area contributed by atoms with Crippen LogP contribution in [-0.4, -0.2) is 6.61 Å². The average molecular weight is 180 g/mol. The molecule has 64 valence electrons. The van der Waals surface area contributed by atoms with E-state index in [-0.39, 0.29) is 0 Å². The van der Waals surface area contributed by atoms with Crippen molar-refractivity contribution in [3.8, 4) is 5.75 Å². The van der Waals surface area contributed by atoms with E-state index in [1.807, 2.05) is 6.07 Å². The van der Waals surface area contributed by atoms with E-state index in [9.17, 15) is 0 Å². The van der Waals surface area contributed by atoms with Gasteiger partial charge in [-0.1, -0.05) is 12.1 Å². The van der Waals surface area contributed by atoms with E-state index in [0.29, 0.717) is 5.25 Å². The van der Waals surface area contributed by atoms with Gasteiger partial charge < -0.3 is 4.74 Å². The lowest BCUT2D eigenvalue weighted by molar-refractivity contribution is 0.357. The Morgan fingerprint density at radius 1 is 1.50 bits per heavy atom. The smallest absolute Gasteiger partial charge is 0.122 e. The maximum Gasteiger partial charge on any atom is 0.122 e. The first kappa shape index (κ1) is 7.99. The van der Waals surface area contributed by atoms with Gasteiger partial charge in [0.15, 0.2) is 0 Å². The molecule has 2 heteroatoms. The SMILES string of the molecule is CC(S)c1ccc2c(c1)CCO2. The maximum atomic E-state index is 5.41. The van der Waals surface area contributed by atoms with Gasteiger partial charge in [0.05, 0.1) is 6.61 Å². The molecule has 1 atom stereocenters. The van der Waals surface area contributed by atoms with Gasteiger partial charge in [-0.15, -0.1) is 0 Å². The third-order valence-electron chi connectivity index (χ3n) is 2.20. The highest BCUT2D eigenvalue weighted by molar-refractivity contribution is 7.80. The first-order chi connectivity index (χ1) is 5.77. The van der Waals surface area contributed by atoms with Crippen molar-refractivity contribution in [3.05, 3.63) is 29.3 Å². The summed E-state index contributed by atoms with van der Waals surface area (Å²) in [6.45, 7) is 2.92. The van der Waals surface area contributed by atoms with Gasteiger partial charge in [0.25, 0.3) is 0 Å². The summed E-state index contributed by atoms with van der Waals surface area (Å²) in [5.41, 5.74) is 2.61. The summed E-state index contributed by atoms with van der Waals surface area (Å²) in [7, 11) is 0. The van der Waals surface area contributed by atoms with E-state index >= 15 is 0 Å². The van der Waals surface area contributed by atoms with Crippen LogP contribution in [0.15, 0.2) is 18.2 Å². The van der Waals surface area contributed by atoms with Crippen LogP contribution in [0.3, 0.4) is 0 Å². The highest BCUT2D eigenvalue weighted by atomic mass is 32.1. The van der Waals surface area contributed by atoms with E-state index in [0.717, 1.165) is 18.8 Å². The van der Waals surface area contributed by atoms with Gasteiger partial charge in [0, 0.05) is 11.7 Å². The Labute approximate surface area is 78.2 Å². The molecule has 1 aliphatic heterocycles. The molecule has 1 aliphatic rings. The Hall–Kier alpha value is -0.630. The topological polar surface area (TPSA) is 9.23 Å². The highest BCUT2D eigenvalue weighted by Crippen LogP contribution is 2.29. The Morgan fingerprint density at radius 2 is 2.33 bits per heavy atom. The molecule has 0 radical (unpaired) electrons.